The minimum absolute atomic E-state index is 0. The number of rotatable bonds is 5. The van der Waals surface area contributed by atoms with Crippen molar-refractivity contribution in [1.82, 2.24) is 0 Å². The Morgan fingerprint density at radius 2 is 1.51 bits per heavy atom. The number of hydrogen-bond donors (Lipinski definition) is 0. The van der Waals surface area contributed by atoms with Gasteiger partial charge in [0.25, 0.3) is 0 Å². The zero-order valence-corrected chi connectivity index (χ0v) is 25.7. The van der Waals surface area contributed by atoms with E-state index >= 15 is 0 Å². The van der Waals surface area contributed by atoms with Crippen LogP contribution < -0.4 is 35.3 Å². The van der Waals surface area contributed by atoms with Crippen LogP contribution >= 0.6 is 0 Å². The summed E-state index contributed by atoms with van der Waals surface area (Å²) in [6.07, 6.45) is 2.21. The molecule has 3 aromatic rings. The zero-order valence-electron chi connectivity index (χ0n) is 20.7. The Hall–Kier alpha value is -1.42. The minimum Gasteiger partial charge on any atom is -1.00 e. The van der Waals surface area contributed by atoms with E-state index < -0.39 is 8.32 Å². The van der Waals surface area contributed by atoms with Gasteiger partial charge in [0.2, 0.25) is 0 Å². The van der Waals surface area contributed by atoms with Crippen molar-refractivity contribution in [2.45, 2.75) is 39.4 Å². The number of fused-ring (bicyclic) bond motifs is 3. The molecular weight excluding hydrogens is 571 g/mol. The predicted octanol–water partition coefficient (Wildman–Crippen LogP) is -0.499. The first-order valence-corrected chi connectivity index (χ1v) is 16.1. The fourth-order valence-corrected chi connectivity index (χ4v) is 6.52. The summed E-state index contributed by atoms with van der Waals surface area (Å²) in [4.78, 5) is 0. The molecule has 2 aliphatic carbocycles. The fourth-order valence-electron chi connectivity index (χ4n) is 4.91. The third kappa shape index (κ3) is 5.20. The first-order valence-electron chi connectivity index (χ1n) is 11.5. The van der Waals surface area contributed by atoms with Gasteiger partial charge in [-0.1, -0.05) is 0 Å². The third-order valence-corrected chi connectivity index (χ3v) is 8.68. The van der Waals surface area contributed by atoms with E-state index in [1.807, 2.05) is 0 Å². The van der Waals surface area contributed by atoms with E-state index in [0.29, 0.717) is 6.79 Å². The first-order chi connectivity index (χ1) is 15.8. The molecule has 2 aliphatic rings. The molecule has 35 heavy (non-hydrogen) atoms. The second kappa shape index (κ2) is 10.9. The molecule has 6 heteroatoms. The molecule has 0 saturated heterocycles. The van der Waals surface area contributed by atoms with E-state index in [9.17, 15) is 0 Å². The van der Waals surface area contributed by atoms with Crippen molar-refractivity contribution >= 4 is 23.2 Å². The molecule has 0 radical (unpaired) electrons. The van der Waals surface area contributed by atoms with Gasteiger partial charge in [0.1, 0.15) is 0 Å². The van der Waals surface area contributed by atoms with Gasteiger partial charge in [-0.25, -0.2) is 0 Å². The molecule has 0 aliphatic heterocycles. The second-order valence-electron chi connectivity index (χ2n) is 10.00. The van der Waals surface area contributed by atoms with Gasteiger partial charge in [0.15, 0.2) is 0 Å². The van der Waals surface area contributed by atoms with Gasteiger partial charge in [0, 0.05) is 0 Å². The van der Waals surface area contributed by atoms with Crippen LogP contribution in [0.4, 0.5) is 0 Å². The molecule has 1 unspecified atom stereocenters. The Morgan fingerprint density at radius 3 is 2.20 bits per heavy atom. The largest absolute Gasteiger partial charge is 1.00 e. The molecule has 0 aromatic heterocycles. The zero-order chi connectivity index (χ0) is 23.3. The summed E-state index contributed by atoms with van der Waals surface area (Å²) in [7, 11) is -1.67. The van der Waals surface area contributed by atoms with Crippen LogP contribution in [-0.2, 0) is 33.9 Å². The monoisotopic (exact) mass is 597 g/mol. The Bertz CT molecular complexity index is 1520. The van der Waals surface area contributed by atoms with Crippen LogP contribution in [0.15, 0.2) is 66.4 Å². The number of allylic oxidation sites excluding steroid dienone is 1. The van der Waals surface area contributed by atoms with E-state index in [1.54, 1.807) is 0 Å². The van der Waals surface area contributed by atoms with Crippen molar-refractivity contribution in [3.8, 4) is 0 Å². The van der Waals surface area contributed by atoms with Crippen molar-refractivity contribution in [1.29, 1.82) is 0 Å². The van der Waals surface area contributed by atoms with Crippen molar-refractivity contribution in [2.75, 3.05) is 6.79 Å². The van der Waals surface area contributed by atoms with Crippen LogP contribution in [0, 0.1) is 10.4 Å². The average Bonchev–Trinajstić information content (AvgIpc) is 3.28. The van der Waals surface area contributed by atoms with Crippen LogP contribution in [0.3, 0.4) is 0 Å². The van der Waals surface area contributed by atoms with Crippen molar-refractivity contribution in [3.05, 3.63) is 110 Å². The van der Waals surface area contributed by atoms with Crippen molar-refractivity contribution in [2.24, 2.45) is 0 Å². The van der Waals surface area contributed by atoms with E-state index in [1.165, 1.54) is 76.7 Å². The molecular formula is C29H29Cl2O2SiZr. The van der Waals surface area contributed by atoms with E-state index in [4.69, 9.17) is 9.16 Å². The standard InChI is InChI=1S/C29H29O2Si.2ClH.Zr/c1-19(2)22-14-15-25-23-12-8-6-10-20(23)16-26(25)28(22)29-24-13-9-7-11-21(24)17-27(29)30-18-31-32(3,4)5;;;/h6-15,17,29H,18H2,1-5H3;2*1H;/q;;;+2/p-2. The molecule has 1 atom stereocenters. The molecule has 0 saturated carbocycles. The molecule has 0 fully saturated rings. The van der Waals surface area contributed by atoms with Crippen molar-refractivity contribution < 1.29 is 58.7 Å². The Balaban J connectivity index is 0.00000171. The molecule has 0 spiro atoms. The average molecular weight is 600 g/mol. The summed E-state index contributed by atoms with van der Waals surface area (Å²) in [6, 6.07) is 22.2. The summed E-state index contributed by atoms with van der Waals surface area (Å²) in [5.41, 5.74) is 6.66. The number of ether oxygens (including phenoxy) is 1. The van der Waals surface area contributed by atoms with Crippen LogP contribution in [0.1, 0.15) is 42.0 Å². The number of halogens is 2. The van der Waals surface area contributed by atoms with Crippen LogP contribution in [0.2, 0.25) is 19.6 Å². The quantitative estimate of drug-likeness (QED) is 0.291. The topological polar surface area (TPSA) is 18.5 Å². The van der Waals surface area contributed by atoms with Crippen LogP contribution in [-0.4, -0.2) is 15.1 Å². The maximum atomic E-state index is 6.40. The van der Waals surface area contributed by atoms with Gasteiger partial charge in [-0.05, 0) is 0 Å². The van der Waals surface area contributed by atoms with Gasteiger partial charge >= 0.3 is 213 Å². The SMILES string of the molecule is CC(C)=c1ccc2c(c1C1C(OCO[Si](C)(C)C)=Cc3ccccc31)[C]([Zr+2])=c1ccccc1=2.[Cl-].[Cl-]. The Labute approximate surface area is 236 Å². The van der Waals surface area contributed by atoms with Gasteiger partial charge in [0.05, 0.1) is 0 Å². The minimum atomic E-state index is -1.67. The second-order valence-corrected chi connectivity index (χ2v) is 15.7. The van der Waals surface area contributed by atoms with Gasteiger partial charge in [-0.15, -0.1) is 0 Å². The van der Waals surface area contributed by atoms with E-state index in [0.717, 1.165) is 5.76 Å². The van der Waals surface area contributed by atoms with Crippen LogP contribution in [0.25, 0.3) is 14.9 Å². The Morgan fingerprint density at radius 1 is 0.857 bits per heavy atom. The molecule has 0 bridgehead atoms. The maximum absolute atomic E-state index is 6.40. The normalized spacial score (nSPS) is 15.3. The Kier molecular flexibility index (Phi) is 8.77. The van der Waals surface area contributed by atoms with Gasteiger partial charge < -0.3 is 24.8 Å². The van der Waals surface area contributed by atoms with E-state index in [-0.39, 0.29) is 30.7 Å². The number of hydrogen-bond acceptors (Lipinski definition) is 2. The van der Waals surface area contributed by atoms with E-state index in [2.05, 4.69) is 100 Å². The summed E-state index contributed by atoms with van der Waals surface area (Å²) in [6.45, 7) is 11.3. The third-order valence-electron chi connectivity index (χ3n) is 6.42. The van der Waals surface area contributed by atoms with Gasteiger partial charge in [-0.3, -0.25) is 0 Å². The fraction of sp³-hybridized carbons (Fsp3) is 0.241. The molecule has 3 aromatic carbocycles. The first kappa shape index (κ1) is 28.2. The summed E-state index contributed by atoms with van der Waals surface area (Å²) >= 11 is 1.44. The smallest absolute Gasteiger partial charge is 1.00 e. The molecule has 0 N–H and O–H groups in total. The number of benzene rings is 3. The summed E-state index contributed by atoms with van der Waals surface area (Å²) < 4.78 is 13.9. The molecule has 5 rings (SSSR count). The molecule has 0 heterocycles. The van der Waals surface area contributed by atoms with Gasteiger partial charge in [-0.2, -0.15) is 0 Å². The van der Waals surface area contributed by atoms with Crippen LogP contribution in [0.5, 0.6) is 0 Å². The molecule has 0 amide bonds. The summed E-state index contributed by atoms with van der Waals surface area (Å²) in [5, 5.41) is 5.39. The maximum Gasteiger partial charge on any atom is -1.00 e. The molecule has 179 valence electrons. The van der Waals surface area contributed by atoms with Crippen molar-refractivity contribution in [3.63, 3.8) is 0 Å². The molecule has 2 nitrogen and oxygen atoms in total. The predicted molar refractivity (Wildman–Crippen MR) is 134 cm³/mol. The summed E-state index contributed by atoms with van der Waals surface area (Å²) in [5.74, 6) is 1.06.